The number of nitrogens with zero attached hydrogens (tertiary/aromatic N) is 4. The highest BCUT2D eigenvalue weighted by Gasteiger charge is 2.46. The second-order valence-corrected chi connectivity index (χ2v) is 8.86. The molecule has 2 aliphatic heterocycles. The van der Waals surface area contributed by atoms with E-state index in [4.69, 9.17) is 0 Å². The summed E-state index contributed by atoms with van der Waals surface area (Å²) in [4.78, 5) is 21.9. The molecule has 0 aromatic carbocycles. The minimum Gasteiger partial charge on any atom is -0.337 e. The summed E-state index contributed by atoms with van der Waals surface area (Å²) in [5, 5.41) is 0. The van der Waals surface area contributed by atoms with Gasteiger partial charge in [0.25, 0.3) is 0 Å². The molecule has 1 aromatic heterocycles. The summed E-state index contributed by atoms with van der Waals surface area (Å²) >= 11 is 0. The fourth-order valence-electron chi connectivity index (χ4n) is 5.48. The first kappa shape index (κ1) is 18.0. The average molecular weight is 359 g/mol. The molecule has 4 rings (SSSR count). The van der Waals surface area contributed by atoms with Gasteiger partial charge in [-0.1, -0.05) is 19.3 Å². The molecule has 1 aromatic rings. The summed E-state index contributed by atoms with van der Waals surface area (Å²) in [6.45, 7) is 4.24. The minimum absolute atomic E-state index is 0.149. The Bertz CT molecular complexity index is 621. The molecule has 1 aliphatic carbocycles. The molecule has 5 nitrogen and oxygen atoms in total. The smallest absolute Gasteiger partial charge is 0.223 e. The van der Waals surface area contributed by atoms with E-state index >= 15 is 0 Å². The van der Waals surface area contributed by atoms with Crippen molar-refractivity contribution in [1.29, 1.82) is 0 Å². The van der Waals surface area contributed by atoms with Gasteiger partial charge in [0.2, 0.25) is 5.91 Å². The lowest BCUT2D eigenvalue weighted by molar-refractivity contribution is -0.132. The maximum Gasteiger partial charge on any atom is 0.223 e. The molecule has 0 N–H and O–H groups in total. The number of amides is 1. The predicted octanol–water partition coefficient (Wildman–Crippen LogP) is 3.35. The summed E-state index contributed by atoms with van der Waals surface area (Å²) in [7, 11) is 2.07. The predicted molar refractivity (Wildman–Crippen MR) is 103 cm³/mol. The standard InChI is InChI=1S/C21H34N4O/c1-23-17-22-14-19(23)16-24-12-5-9-21(11-13-24)10-8-20(26)25(21)15-18-6-3-2-4-7-18/h14,17-18H,2-13,15-16H2,1H3. The van der Waals surface area contributed by atoms with Crippen LogP contribution in [0.3, 0.4) is 0 Å². The van der Waals surface area contributed by atoms with Crippen LogP contribution in [0.2, 0.25) is 0 Å². The third-order valence-corrected chi connectivity index (χ3v) is 7.16. The van der Waals surface area contributed by atoms with Crippen molar-refractivity contribution in [2.24, 2.45) is 13.0 Å². The molecule has 1 atom stereocenters. The van der Waals surface area contributed by atoms with Gasteiger partial charge in [-0.05, 0) is 51.0 Å². The summed E-state index contributed by atoms with van der Waals surface area (Å²) in [6.07, 6.45) is 16.0. The second kappa shape index (κ2) is 7.71. The molecule has 3 fully saturated rings. The first-order chi connectivity index (χ1) is 12.7. The SMILES string of the molecule is Cn1cncc1CN1CCCC2(CCC(=O)N2CC2CCCCC2)CC1. The van der Waals surface area contributed by atoms with Crippen LogP contribution in [-0.2, 0) is 18.4 Å². The third-order valence-electron chi connectivity index (χ3n) is 7.16. The molecule has 0 bridgehead atoms. The van der Waals surface area contributed by atoms with Gasteiger partial charge in [0.05, 0.1) is 12.0 Å². The number of aromatic nitrogens is 2. The van der Waals surface area contributed by atoms with Crippen molar-refractivity contribution >= 4 is 5.91 Å². The molecule has 2 saturated heterocycles. The first-order valence-electron chi connectivity index (χ1n) is 10.6. The van der Waals surface area contributed by atoms with Crippen LogP contribution in [0.25, 0.3) is 0 Å². The number of carbonyl (C=O) groups is 1. The molecular formula is C21H34N4O. The van der Waals surface area contributed by atoms with Gasteiger partial charge in [-0.2, -0.15) is 0 Å². The lowest BCUT2D eigenvalue weighted by Gasteiger charge is -2.41. The van der Waals surface area contributed by atoms with E-state index in [0.29, 0.717) is 5.91 Å². The van der Waals surface area contributed by atoms with Gasteiger partial charge < -0.3 is 9.47 Å². The zero-order valence-corrected chi connectivity index (χ0v) is 16.3. The van der Waals surface area contributed by atoms with Crippen LogP contribution >= 0.6 is 0 Å². The van der Waals surface area contributed by atoms with Crippen LogP contribution in [0.15, 0.2) is 12.5 Å². The molecule has 1 unspecified atom stereocenters. The molecule has 0 radical (unpaired) electrons. The van der Waals surface area contributed by atoms with Gasteiger partial charge in [-0.25, -0.2) is 4.98 Å². The first-order valence-corrected chi connectivity index (χ1v) is 10.6. The molecule has 5 heteroatoms. The average Bonchev–Trinajstić information content (AvgIpc) is 3.10. The Morgan fingerprint density at radius 1 is 1.12 bits per heavy atom. The van der Waals surface area contributed by atoms with Gasteiger partial charge >= 0.3 is 0 Å². The number of hydrogen-bond acceptors (Lipinski definition) is 3. The summed E-state index contributed by atoms with van der Waals surface area (Å²) < 4.78 is 2.12. The molecule has 144 valence electrons. The van der Waals surface area contributed by atoms with Crippen LogP contribution < -0.4 is 0 Å². The Labute approximate surface area is 157 Å². The Morgan fingerprint density at radius 2 is 1.96 bits per heavy atom. The highest BCUT2D eigenvalue weighted by Crippen LogP contribution is 2.41. The van der Waals surface area contributed by atoms with E-state index in [1.54, 1.807) is 0 Å². The van der Waals surface area contributed by atoms with Crippen molar-refractivity contribution in [3.63, 3.8) is 0 Å². The number of aryl methyl sites for hydroxylation is 1. The Kier molecular flexibility index (Phi) is 5.35. The highest BCUT2D eigenvalue weighted by molar-refractivity contribution is 5.79. The quantitative estimate of drug-likeness (QED) is 0.829. The summed E-state index contributed by atoms with van der Waals surface area (Å²) in [5.74, 6) is 1.17. The van der Waals surface area contributed by atoms with Crippen LogP contribution in [0.1, 0.15) is 69.9 Å². The molecule has 1 amide bonds. The van der Waals surface area contributed by atoms with E-state index in [-0.39, 0.29) is 5.54 Å². The number of rotatable bonds is 4. The minimum atomic E-state index is 0.149. The molecule has 26 heavy (non-hydrogen) atoms. The number of likely N-dealkylation sites (tertiary alicyclic amines) is 2. The van der Waals surface area contributed by atoms with Gasteiger partial charge in [0, 0.05) is 44.8 Å². The van der Waals surface area contributed by atoms with Crippen LogP contribution in [-0.4, -0.2) is 50.4 Å². The van der Waals surface area contributed by atoms with E-state index < -0.39 is 0 Å². The van der Waals surface area contributed by atoms with Gasteiger partial charge in [0.1, 0.15) is 0 Å². The molecule has 1 saturated carbocycles. The normalized spacial score (nSPS) is 28.8. The van der Waals surface area contributed by atoms with Crippen molar-refractivity contribution in [1.82, 2.24) is 19.4 Å². The number of carbonyl (C=O) groups excluding carboxylic acids is 1. The Balaban J connectivity index is 1.41. The van der Waals surface area contributed by atoms with Crippen LogP contribution in [0, 0.1) is 5.92 Å². The lowest BCUT2D eigenvalue weighted by Crippen LogP contribution is -2.48. The van der Waals surface area contributed by atoms with E-state index in [1.807, 2.05) is 12.5 Å². The maximum atomic E-state index is 12.7. The Morgan fingerprint density at radius 3 is 2.73 bits per heavy atom. The summed E-state index contributed by atoms with van der Waals surface area (Å²) in [6, 6.07) is 0. The lowest BCUT2D eigenvalue weighted by atomic mass is 9.84. The zero-order valence-electron chi connectivity index (χ0n) is 16.3. The second-order valence-electron chi connectivity index (χ2n) is 8.86. The van der Waals surface area contributed by atoms with Gasteiger partial charge in [-0.3, -0.25) is 9.69 Å². The number of imidazole rings is 1. The molecule has 3 aliphatic rings. The fraction of sp³-hybridized carbons (Fsp3) is 0.810. The van der Waals surface area contributed by atoms with Gasteiger partial charge in [-0.15, -0.1) is 0 Å². The maximum absolute atomic E-state index is 12.7. The van der Waals surface area contributed by atoms with Crippen molar-refractivity contribution in [3.8, 4) is 0 Å². The molecular weight excluding hydrogens is 324 g/mol. The topological polar surface area (TPSA) is 41.4 Å². The fourth-order valence-corrected chi connectivity index (χ4v) is 5.48. The third kappa shape index (κ3) is 3.68. The van der Waals surface area contributed by atoms with Crippen LogP contribution in [0.5, 0.6) is 0 Å². The van der Waals surface area contributed by atoms with E-state index in [1.165, 1.54) is 50.6 Å². The van der Waals surface area contributed by atoms with Crippen molar-refractivity contribution in [3.05, 3.63) is 18.2 Å². The molecule has 3 heterocycles. The van der Waals surface area contributed by atoms with Crippen molar-refractivity contribution in [2.45, 2.75) is 76.3 Å². The van der Waals surface area contributed by atoms with E-state index in [9.17, 15) is 4.79 Å². The van der Waals surface area contributed by atoms with Crippen LogP contribution in [0.4, 0.5) is 0 Å². The monoisotopic (exact) mass is 358 g/mol. The van der Waals surface area contributed by atoms with Crippen molar-refractivity contribution < 1.29 is 4.79 Å². The van der Waals surface area contributed by atoms with E-state index in [0.717, 1.165) is 51.4 Å². The van der Waals surface area contributed by atoms with Gasteiger partial charge in [0.15, 0.2) is 0 Å². The molecule has 1 spiro atoms. The van der Waals surface area contributed by atoms with E-state index in [2.05, 4.69) is 26.4 Å². The Hall–Kier alpha value is -1.36. The van der Waals surface area contributed by atoms with Crippen molar-refractivity contribution in [2.75, 3.05) is 19.6 Å². The highest BCUT2D eigenvalue weighted by atomic mass is 16.2. The zero-order chi connectivity index (χ0) is 18.0. The number of hydrogen-bond donors (Lipinski definition) is 0. The summed E-state index contributed by atoms with van der Waals surface area (Å²) in [5.41, 5.74) is 1.43. The largest absolute Gasteiger partial charge is 0.337 e.